The van der Waals surface area contributed by atoms with Crippen LogP contribution in [0.15, 0.2) is 24.3 Å². The van der Waals surface area contributed by atoms with E-state index < -0.39 is 0 Å². The SMILES string of the molecule is COc1cc(/C=C/C(=O)CI)ccc1O. The zero-order valence-electron chi connectivity index (χ0n) is 8.24. The molecule has 0 atom stereocenters. The highest BCUT2D eigenvalue weighted by Crippen LogP contribution is 2.26. The van der Waals surface area contributed by atoms with Gasteiger partial charge in [-0.1, -0.05) is 34.7 Å². The van der Waals surface area contributed by atoms with Gasteiger partial charge >= 0.3 is 0 Å². The number of allylic oxidation sites excluding steroid dienone is 1. The fourth-order valence-corrected chi connectivity index (χ4v) is 1.29. The molecule has 80 valence electrons. The highest BCUT2D eigenvalue weighted by Gasteiger charge is 2.00. The summed E-state index contributed by atoms with van der Waals surface area (Å²) in [6, 6.07) is 4.92. The number of benzene rings is 1. The van der Waals surface area contributed by atoms with Crippen molar-refractivity contribution in [1.82, 2.24) is 0 Å². The molecule has 1 rings (SSSR count). The number of ether oxygens (including phenoxy) is 1. The van der Waals surface area contributed by atoms with E-state index in [1.807, 2.05) is 22.6 Å². The average molecular weight is 318 g/mol. The van der Waals surface area contributed by atoms with Crippen LogP contribution in [0.2, 0.25) is 0 Å². The van der Waals surface area contributed by atoms with Gasteiger partial charge in [0.05, 0.1) is 11.5 Å². The van der Waals surface area contributed by atoms with E-state index in [-0.39, 0.29) is 11.5 Å². The van der Waals surface area contributed by atoms with Crippen molar-refractivity contribution in [2.75, 3.05) is 11.5 Å². The first-order chi connectivity index (χ1) is 7.17. The van der Waals surface area contributed by atoms with Crippen LogP contribution in [0.5, 0.6) is 11.5 Å². The number of hydrogen-bond acceptors (Lipinski definition) is 3. The number of methoxy groups -OCH3 is 1. The molecule has 0 amide bonds. The van der Waals surface area contributed by atoms with Gasteiger partial charge in [0.2, 0.25) is 0 Å². The summed E-state index contributed by atoms with van der Waals surface area (Å²) in [6.07, 6.45) is 3.21. The fraction of sp³-hybridized carbons (Fsp3) is 0.182. The Balaban J connectivity index is 2.87. The highest BCUT2D eigenvalue weighted by molar-refractivity contribution is 14.1. The molecule has 0 fully saturated rings. The molecule has 0 heterocycles. The lowest BCUT2D eigenvalue weighted by atomic mass is 10.2. The summed E-state index contributed by atoms with van der Waals surface area (Å²) >= 11 is 2.01. The van der Waals surface area contributed by atoms with Gasteiger partial charge in [0, 0.05) is 0 Å². The lowest BCUT2D eigenvalue weighted by molar-refractivity contribution is -0.112. The molecule has 0 radical (unpaired) electrons. The molecule has 0 saturated heterocycles. The van der Waals surface area contributed by atoms with Crippen molar-refractivity contribution in [3.63, 3.8) is 0 Å². The summed E-state index contributed by atoms with van der Waals surface area (Å²) in [7, 11) is 1.48. The summed E-state index contributed by atoms with van der Waals surface area (Å²) in [5.74, 6) is 0.552. The molecule has 0 saturated carbocycles. The second-order valence-electron chi connectivity index (χ2n) is 2.86. The molecule has 0 aromatic heterocycles. The maximum absolute atomic E-state index is 11.0. The molecule has 1 N–H and O–H groups in total. The Morgan fingerprint density at radius 1 is 1.60 bits per heavy atom. The Bertz CT molecular complexity index is 385. The standard InChI is InChI=1S/C11H11IO3/c1-15-11-6-8(3-5-10(11)14)2-4-9(13)7-12/h2-6,14H,7H2,1H3/b4-2+. The Labute approximate surface area is 102 Å². The molecule has 15 heavy (non-hydrogen) atoms. The summed E-state index contributed by atoms with van der Waals surface area (Å²) < 4.78 is 5.41. The predicted molar refractivity (Wildman–Crippen MR) is 67.6 cm³/mol. The second kappa shape index (κ2) is 5.75. The monoisotopic (exact) mass is 318 g/mol. The third-order valence-corrected chi connectivity index (χ3v) is 2.55. The van der Waals surface area contributed by atoms with Gasteiger partial charge in [0.15, 0.2) is 17.3 Å². The number of hydrogen-bond donors (Lipinski definition) is 1. The molecule has 0 aliphatic carbocycles. The van der Waals surface area contributed by atoms with Crippen molar-refractivity contribution < 1.29 is 14.6 Å². The Morgan fingerprint density at radius 2 is 2.33 bits per heavy atom. The number of alkyl halides is 1. The smallest absolute Gasteiger partial charge is 0.165 e. The van der Waals surface area contributed by atoms with E-state index in [2.05, 4.69) is 0 Å². The molecular weight excluding hydrogens is 307 g/mol. The van der Waals surface area contributed by atoms with E-state index in [9.17, 15) is 9.90 Å². The van der Waals surface area contributed by atoms with Crippen molar-refractivity contribution in [2.24, 2.45) is 0 Å². The molecule has 1 aromatic carbocycles. The maximum Gasteiger partial charge on any atom is 0.165 e. The third-order valence-electron chi connectivity index (χ3n) is 1.80. The summed E-state index contributed by atoms with van der Waals surface area (Å²) in [4.78, 5) is 11.0. The first kappa shape index (κ1) is 12.0. The van der Waals surface area contributed by atoms with E-state index >= 15 is 0 Å². The van der Waals surface area contributed by atoms with Crippen molar-refractivity contribution in [3.05, 3.63) is 29.8 Å². The van der Waals surface area contributed by atoms with Crippen LogP contribution >= 0.6 is 22.6 Å². The lowest BCUT2D eigenvalue weighted by Crippen LogP contribution is -1.91. The van der Waals surface area contributed by atoms with Gasteiger partial charge in [-0.15, -0.1) is 0 Å². The predicted octanol–water partition coefficient (Wildman–Crippen LogP) is 2.42. The number of halogens is 1. The van der Waals surface area contributed by atoms with Crippen molar-refractivity contribution in [1.29, 1.82) is 0 Å². The van der Waals surface area contributed by atoms with Gasteiger partial charge < -0.3 is 9.84 Å². The van der Waals surface area contributed by atoms with Crippen molar-refractivity contribution >= 4 is 34.5 Å². The Kier molecular flexibility index (Phi) is 4.61. The summed E-state index contributed by atoms with van der Waals surface area (Å²) in [5, 5.41) is 9.34. The quantitative estimate of drug-likeness (QED) is 0.527. The number of carbonyl (C=O) groups is 1. The molecule has 0 spiro atoms. The molecule has 4 heteroatoms. The maximum atomic E-state index is 11.0. The van der Waals surface area contributed by atoms with Crippen molar-refractivity contribution in [2.45, 2.75) is 0 Å². The van der Waals surface area contributed by atoms with Crippen molar-refractivity contribution in [3.8, 4) is 11.5 Å². The molecule has 1 aromatic rings. The van der Waals surface area contributed by atoms with E-state index in [1.54, 1.807) is 18.2 Å². The number of phenols is 1. The van der Waals surface area contributed by atoms with Gasteiger partial charge in [-0.2, -0.15) is 0 Å². The minimum absolute atomic E-state index is 0.0580. The Hall–Kier alpha value is -1.04. The lowest BCUT2D eigenvalue weighted by Gasteiger charge is -2.03. The first-order valence-corrected chi connectivity index (χ1v) is 5.84. The zero-order valence-corrected chi connectivity index (χ0v) is 10.4. The number of ketones is 1. The van der Waals surface area contributed by atoms with Crippen LogP contribution in [0.3, 0.4) is 0 Å². The molecule has 3 nitrogen and oxygen atoms in total. The minimum Gasteiger partial charge on any atom is -0.504 e. The summed E-state index contributed by atoms with van der Waals surface area (Å²) in [6.45, 7) is 0. The first-order valence-electron chi connectivity index (χ1n) is 4.31. The normalized spacial score (nSPS) is 10.5. The molecule has 0 unspecified atom stereocenters. The van der Waals surface area contributed by atoms with Gasteiger partial charge in [-0.25, -0.2) is 0 Å². The van der Waals surface area contributed by atoms with E-state index in [1.165, 1.54) is 19.3 Å². The number of carbonyl (C=O) groups excluding carboxylic acids is 1. The van der Waals surface area contributed by atoms with E-state index in [0.717, 1.165) is 5.56 Å². The zero-order chi connectivity index (χ0) is 11.3. The van der Waals surface area contributed by atoms with Gasteiger partial charge in [0.1, 0.15) is 0 Å². The highest BCUT2D eigenvalue weighted by atomic mass is 127. The van der Waals surface area contributed by atoms with Crippen LogP contribution in [0, 0.1) is 0 Å². The van der Waals surface area contributed by atoms with E-state index in [0.29, 0.717) is 10.2 Å². The molecule has 0 aliphatic rings. The van der Waals surface area contributed by atoms with Gasteiger partial charge in [0.25, 0.3) is 0 Å². The number of rotatable bonds is 4. The fourth-order valence-electron chi connectivity index (χ4n) is 1.03. The number of aromatic hydroxyl groups is 1. The van der Waals surface area contributed by atoms with Gasteiger partial charge in [-0.05, 0) is 23.8 Å². The van der Waals surface area contributed by atoms with Crippen LogP contribution in [0.1, 0.15) is 5.56 Å². The van der Waals surface area contributed by atoms with Crippen LogP contribution in [0.4, 0.5) is 0 Å². The number of phenolic OH excluding ortho intramolecular Hbond substituents is 1. The van der Waals surface area contributed by atoms with Crippen LogP contribution in [-0.4, -0.2) is 22.4 Å². The average Bonchev–Trinajstić information content (AvgIpc) is 2.27. The Morgan fingerprint density at radius 3 is 2.93 bits per heavy atom. The molecule has 0 bridgehead atoms. The topological polar surface area (TPSA) is 46.5 Å². The molecule has 0 aliphatic heterocycles. The van der Waals surface area contributed by atoms with Gasteiger partial charge in [-0.3, -0.25) is 4.79 Å². The van der Waals surface area contributed by atoms with E-state index in [4.69, 9.17) is 4.74 Å². The minimum atomic E-state index is 0.0580. The van der Waals surface area contributed by atoms with Crippen LogP contribution in [0.25, 0.3) is 6.08 Å². The largest absolute Gasteiger partial charge is 0.504 e. The second-order valence-corrected chi connectivity index (χ2v) is 3.63. The summed E-state index contributed by atoms with van der Waals surface area (Å²) in [5.41, 5.74) is 0.822. The van der Waals surface area contributed by atoms with Crippen LogP contribution < -0.4 is 4.74 Å². The molecular formula is C11H11IO3. The van der Waals surface area contributed by atoms with Crippen LogP contribution in [-0.2, 0) is 4.79 Å². The third kappa shape index (κ3) is 3.54.